The first-order valence-corrected chi connectivity index (χ1v) is 7.66. The Morgan fingerprint density at radius 3 is 2.71 bits per heavy atom. The number of unbranched alkanes of at least 4 members (excludes halogenated alkanes) is 1. The van der Waals surface area contributed by atoms with Crippen molar-refractivity contribution in [3.63, 3.8) is 0 Å². The van der Waals surface area contributed by atoms with Gasteiger partial charge in [0.2, 0.25) is 0 Å². The van der Waals surface area contributed by atoms with Crippen LogP contribution in [0.15, 0.2) is 12.1 Å². The molecule has 0 aliphatic carbocycles. The molecule has 0 bridgehead atoms. The summed E-state index contributed by atoms with van der Waals surface area (Å²) in [5, 5.41) is 6.12. The van der Waals surface area contributed by atoms with Gasteiger partial charge in [-0.3, -0.25) is 4.79 Å². The molecule has 6 heteroatoms. The van der Waals surface area contributed by atoms with E-state index in [0.29, 0.717) is 23.4 Å². The number of anilines is 1. The zero-order valence-electron chi connectivity index (χ0n) is 13.2. The monoisotopic (exact) mass is 312 g/mol. The van der Waals surface area contributed by atoms with E-state index in [4.69, 9.17) is 11.6 Å². The lowest BCUT2D eigenvalue weighted by molar-refractivity contribution is 0.0948. The summed E-state index contributed by atoms with van der Waals surface area (Å²) in [6, 6.07) is 3.96. The molecule has 1 rings (SSSR count). The Balaban J connectivity index is 2.37. The van der Waals surface area contributed by atoms with Crippen molar-refractivity contribution in [2.24, 2.45) is 0 Å². The third kappa shape index (κ3) is 5.89. The summed E-state index contributed by atoms with van der Waals surface area (Å²) < 4.78 is 0. The third-order valence-electron chi connectivity index (χ3n) is 3.42. The predicted octanol–water partition coefficient (Wildman–Crippen LogP) is 2.63. The first-order chi connectivity index (χ1) is 9.95. The molecule has 0 atom stereocenters. The van der Waals surface area contributed by atoms with Crippen LogP contribution in [-0.4, -0.2) is 49.0 Å². The smallest absolute Gasteiger partial charge is 0.271 e. The van der Waals surface area contributed by atoms with Gasteiger partial charge in [-0.2, -0.15) is 0 Å². The fraction of sp³-hybridized carbons (Fsp3) is 0.600. The first-order valence-electron chi connectivity index (χ1n) is 7.28. The molecule has 21 heavy (non-hydrogen) atoms. The molecule has 0 saturated heterocycles. The van der Waals surface area contributed by atoms with Crippen molar-refractivity contribution < 1.29 is 4.79 Å². The second-order valence-corrected chi connectivity index (χ2v) is 5.72. The van der Waals surface area contributed by atoms with Crippen LogP contribution in [0.1, 0.15) is 37.2 Å². The minimum absolute atomic E-state index is 0.227. The lowest BCUT2D eigenvalue weighted by Crippen LogP contribution is -2.29. The molecule has 0 aliphatic rings. The van der Waals surface area contributed by atoms with Crippen molar-refractivity contribution in [3.05, 3.63) is 22.8 Å². The number of aromatic nitrogens is 1. The summed E-state index contributed by atoms with van der Waals surface area (Å²) in [5.41, 5.74) is 0.266. The first kappa shape index (κ1) is 17.7. The zero-order valence-corrected chi connectivity index (χ0v) is 14.0. The molecule has 118 valence electrons. The number of rotatable bonds is 8. The van der Waals surface area contributed by atoms with Crippen LogP contribution in [0.4, 0.5) is 5.82 Å². The average Bonchev–Trinajstić information content (AvgIpc) is 2.46. The maximum atomic E-state index is 12.0. The molecule has 1 aromatic rings. The Morgan fingerprint density at radius 1 is 1.38 bits per heavy atom. The number of pyridine rings is 1. The van der Waals surface area contributed by atoms with Gasteiger partial charge in [0.25, 0.3) is 5.91 Å². The lowest BCUT2D eigenvalue weighted by Gasteiger charge is -2.20. The van der Waals surface area contributed by atoms with E-state index in [2.05, 4.69) is 41.4 Å². The molecule has 0 saturated carbocycles. The third-order valence-corrected chi connectivity index (χ3v) is 3.73. The van der Waals surface area contributed by atoms with E-state index in [1.807, 2.05) is 0 Å². The largest absolute Gasteiger partial charge is 0.373 e. The van der Waals surface area contributed by atoms with E-state index >= 15 is 0 Å². The number of carbonyl (C=O) groups is 1. The summed E-state index contributed by atoms with van der Waals surface area (Å²) in [6.07, 6.45) is 1.98. The summed E-state index contributed by atoms with van der Waals surface area (Å²) in [5.74, 6) is 0.400. The minimum atomic E-state index is -0.227. The van der Waals surface area contributed by atoms with Gasteiger partial charge in [0, 0.05) is 19.6 Å². The highest BCUT2D eigenvalue weighted by Crippen LogP contribution is 2.16. The number of nitrogens with zero attached hydrogens (tertiary/aromatic N) is 2. The van der Waals surface area contributed by atoms with E-state index in [1.54, 1.807) is 19.2 Å². The van der Waals surface area contributed by atoms with Gasteiger partial charge in [-0.1, -0.05) is 11.6 Å². The van der Waals surface area contributed by atoms with E-state index in [1.165, 1.54) is 0 Å². The van der Waals surface area contributed by atoms with Crippen molar-refractivity contribution >= 4 is 23.3 Å². The highest BCUT2D eigenvalue weighted by atomic mass is 35.5. The van der Waals surface area contributed by atoms with Crippen LogP contribution in [0.5, 0.6) is 0 Å². The van der Waals surface area contributed by atoms with Crippen LogP contribution in [-0.2, 0) is 0 Å². The number of hydrogen-bond donors (Lipinski definition) is 2. The molecule has 0 fully saturated rings. The number of carbonyl (C=O) groups excluding carboxylic acids is 1. The van der Waals surface area contributed by atoms with Gasteiger partial charge in [-0.25, -0.2) is 4.98 Å². The molecule has 0 aliphatic heterocycles. The van der Waals surface area contributed by atoms with E-state index in [-0.39, 0.29) is 11.6 Å². The molecular formula is C15H25ClN4O. The van der Waals surface area contributed by atoms with Crippen LogP contribution in [0.3, 0.4) is 0 Å². The van der Waals surface area contributed by atoms with Crippen molar-refractivity contribution in [3.8, 4) is 0 Å². The van der Waals surface area contributed by atoms with Crippen LogP contribution in [0.25, 0.3) is 0 Å². The number of amides is 1. The highest BCUT2D eigenvalue weighted by Gasteiger charge is 2.12. The topological polar surface area (TPSA) is 57.3 Å². The van der Waals surface area contributed by atoms with Gasteiger partial charge in [-0.05, 0) is 52.4 Å². The van der Waals surface area contributed by atoms with Gasteiger partial charge < -0.3 is 15.5 Å². The predicted molar refractivity (Wildman–Crippen MR) is 88.1 cm³/mol. The summed E-state index contributed by atoms with van der Waals surface area (Å²) in [4.78, 5) is 18.5. The van der Waals surface area contributed by atoms with E-state index in [9.17, 15) is 4.79 Å². The van der Waals surface area contributed by atoms with Crippen LogP contribution in [0, 0.1) is 0 Å². The molecule has 1 heterocycles. The van der Waals surface area contributed by atoms with E-state index < -0.39 is 0 Å². The fourth-order valence-electron chi connectivity index (χ4n) is 1.77. The number of hydrogen-bond acceptors (Lipinski definition) is 4. The molecule has 5 nitrogen and oxygen atoms in total. The van der Waals surface area contributed by atoms with Crippen LogP contribution < -0.4 is 10.6 Å². The Bertz CT molecular complexity index is 465. The molecule has 0 aromatic carbocycles. The molecule has 1 amide bonds. The van der Waals surface area contributed by atoms with Crippen molar-refractivity contribution in [1.29, 1.82) is 0 Å². The summed E-state index contributed by atoms with van der Waals surface area (Å²) in [7, 11) is 3.86. The quantitative estimate of drug-likeness (QED) is 0.725. The normalized spacial score (nSPS) is 11.0. The Labute approximate surface area is 132 Å². The van der Waals surface area contributed by atoms with E-state index in [0.717, 1.165) is 19.4 Å². The second-order valence-electron chi connectivity index (χ2n) is 5.31. The van der Waals surface area contributed by atoms with Crippen LogP contribution in [0.2, 0.25) is 5.02 Å². The molecule has 0 spiro atoms. The molecule has 2 N–H and O–H groups in total. The Kier molecular flexibility index (Phi) is 7.47. The molecule has 0 unspecified atom stereocenters. The van der Waals surface area contributed by atoms with Crippen LogP contribution >= 0.6 is 11.6 Å². The van der Waals surface area contributed by atoms with Gasteiger partial charge in [-0.15, -0.1) is 0 Å². The Morgan fingerprint density at radius 2 is 2.10 bits per heavy atom. The van der Waals surface area contributed by atoms with Crippen molar-refractivity contribution in [2.75, 3.05) is 32.5 Å². The molecular weight excluding hydrogens is 288 g/mol. The molecule has 1 aromatic heterocycles. The minimum Gasteiger partial charge on any atom is -0.373 e. The van der Waals surface area contributed by atoms with Crippen molar-refractivity contribution in [1.82, 2.24) is 15.2 Å². The maximum absolute atomic E-state index is 12.0. The zero-order chi connectivity index (χ0) is 15.8. The average molecular weight is 313 g/mol. The van der Waals surface area contributed by atoms with Gasteiger partial charge >= 0.3 is 0 Å². The van der Waals surface area contributed by atoms with Gasteiger partial charge in [0.1, 0.15) is 11.5 Å². The second kappa shape index (κ2) is 8.85. The SMILES string of the molecule is CNc1ccc(Cl)c(C(=O)NCCCCN(C)C(C)C)n1. The van der Waals surface area contributed by atoms with Gasteiger partial charge in [0.15, 0.2) is 0 Å². The fourth-order valence-corrected chi connectivity index (χ4v) is 1.96. The maximum Gasteiger partial charge on any atom is 0.271 e. The Hall–Kier alpha value is -1.33. The van der Waals surface area contributed by atoms with Crippen molar-refractivity contribution in [2.45, 2.75) is 32.7 Å². The summed E-state index contributed by atoms with van der Waals surface area (Å²) in [6.45, 7) is 6.00. The van der Waals surface area contributed by atoms with Gasteiger partial charge in [0.05, 0.1) is 5.02 Å². The molecule has 0 radical (unpaired) electrons. The number of nitrogens with one attached hydrogen (secondary N) is 2. The number of halogens is 1. The lowest BCUT2D eigenvalue weighted by atomic mass is 10.2. The standard InChI is InChI=1S/C15H25ClN4O/c1-11(2)20(4)10-6-5-9-18-15(21)14-12(16)7-8-13(17-3)19-14/h7-8,11H,5-6,9-10H2,1-4H3,(H,17,19)(H,18,21). The summed E-state index contributed by atoms with van der Waals surface area (Å²) >= 11 is 6.01. The highest BCUT2D eigenvalue weighted by molar-refractivity contribution is 6.33.